The molecule has 1 unspecified atom stereocenters. The van der Waals surface area contributed by atoms with E-state index in [1.54, 1.807) is 0 Å². The first-order valence-electron chi connectivity index (χ1n) is 4.67. The minimum absolute atomic E-state index is 0.0148. The standard InChI is InChI=1S/C11H10ClNO4/c1-6(14)11(15)17-10-8(12)3-7(5-13)4-9(10)16-2/h3-4,6,14H,1-2H3. The number of ether oxygens (including phenoxy) is 2. The molecule has 0 saturated carbocycles. The Balaban J connectivity index is 3.15. The normalized spacial score (nSPS) is 11.5. The fourth-order valence-corrected chi connectivity index (χ4v) is 1.32. The molecule has 0 bridgehead atoms. The number of rotatable bonds is 3. The molecule has 0 fully saturated rings. The Morgan fingerprint density at radius 1 is 1.59 bits per heavy atom. The topological polar surface area (TPSA) is 79.5 Å². The highest BCUT2D eigenvalue weighted by Gasteiger charge is 2.18. The van der Waals surface area contributed by atoms with Gasteiger partial charge in [-0.2, -0.15) is 5.26 Å². The Morgan fingerprint density at radius 2 is 2.24 bits per heavy atom. The lowest BCUT2D eigenvalue weighted by Gasteiger charge is -2.12. The van der Waals surface area contributed by atoms with Crippen molar-refractivity contribution in [2.24, 2.45) is 0 Å². The van der Waals surface area contributed by atoms with Gasteiger partial charge in [0.2, 0.25) is 0 Å². The van der Waals surface area contributed by atoms with Crippen molar-refractivity contribution in [1.82, 2.24) is 0 Å². The first-order valence-corrected chi connectivity index (χ1v) is 5.04. The third kappa shape index (κ3) is 3.09. The van der Waals surface area contributed by atoms with Gasteiger partial charge in [-0.05, 0) is 13.0 Å². The number of hydrogen-bond donors (Lipinski definition) is 1. The maximum atomic E-state index is 11.2. The van der Waals surface area contributed by atoms with E-state index in [1.807, 2.05) is 6.07 Å². The van der Waals surface area contributed by atoms with Gasteiger partial charge in [-0.25, -0.2) is 4.79 Å². The molecule has 0 aliphatic heterocycles. The molecular weight excluding hydrogens is 246 g/mol. The molecule has 1 atom stereocenters. The summed E-state index contributed by atoms with van der Waals surface area (Å²) in [6, 6.07) is 4.62. The van der Waals surface area contributed by atoms with E-state index in [0.717, 1.165) is 0 Å². The van der Waals surface area contributed by atoms with E-state index in [2.05, 4.69) is 0 Å². The average Bonchev–Trinajstić information content (AvgIpc) is 2.30. The lowest BCUT2D eigenvalue weighted by atomic mass is 10.2. The first kappa shape index (κ1) is 13.3. The summed E-state index contributed by atoms with van der Waals surface area (Å²) in [5.74, 6) is -0.711. The number of benzene rings is 1. The Hall–Kier alpha value is -1.77. The fourth-order valence-electron chi connectivity index (χ4n) is 1.07. The largest absolute Gasteiger partial charge is 0.493 e. The van der Waals surface area contributed by atoms with Gasteiger partial charge < -0.3 is 14.6 Å². The highest BCUT2D eigenvalue weighted by molar-refractivity contribution is 6.32. The molecule has 6 heteroatoms. The van der Waals surface area contributed by atoms with E-state index in [9.17, 15) is 4.79 Å². The van der Waals surface area contributed by atoms with Gasteiger partial charge in [0.15, 0.2) is 11.5 Å². The highest BCUT2D eigenvalue weighted by Crippen LogP contribution is 2.36. The summed E-state index contributed by atoms with van der Waals surface area (Å²) in [5.41, 5.74) is 0.281. The van der Waals surface area contributed by atoms with Crippen molar-refractivity contribution >= 4 is 17.6 Å². The summed E-state index contributed by atoms with van der Waals surface area (Å²) in [5, 5.41) is 17.8. The second-order valence-corrected chi connectivity index (χ2v) is 3.61. The quantitative estimate of drug-likeness (QED) is 0.654. The molecule has 90 valence electrons. The number of methoxy groups -OCH3 is 1. The summed E-state index contributed by atoms with van der Waals surface area (Å²) >= 11 is 5.85. The Labute approximate surface area is 103 Å². The van der Waals surface area contributed by atoms with Crippen LogP contribution >= 0.6 is 11.6 Å². The fraction of sp³-hybridized carbons (Fsp3) is 0.273. The smallest absolute Gasteiger partial charge is 0.340 e. The van der Waals surface area contributed by atoms with Crippen LogP contribution in [0, 0.1) is 11.3 Å². The van der Waals surface area contributed by atoms with Crippen molar-refractivity contribution in [2.45, 2.75) is 13.0 Å². The molecule has 1 aromatic carbocycles. The molecule has 0 aliphatic carbocycles. The van der Waals surface area contributed by atoms with Crippen LogP contribution in [0.1, 0.15) is 12.5 Å². The van der Waals surface area contributed by atoms with Crippen molar-refractivity contribution in [3.05, 3.63) is 22.7 Å². The number of halogens is 1. The minimum atomic E-state index is -1.27. The summed E-state index contributed by atoms with van der Waals surface area (Å²) < 4.78 is 9.83. The monoisotopic (exact) mass is 255 g/mol. The van der Waals surface area contributed by atoms with Crippen molar-refractivity contribution in [3.63, 3.8) is 0 Å². The molecule has 0 aromatic heterocycles. The molecule has 0 saturated heterocycles. The number of hydrogen-bond acceptors (Lipinski definition) is 5. The Bertz CT molecular complexity index is 479. The summed E-state index contributed by atoms with van der Waals surface area (Å²) in [6.45, 7) is 1.27. The van der Waals surface area contributed by atoms with Gasteiger partial charge in [-0.15, -0.1) is 0 Å². The lowest BCUT2D eigenvalue weighted by Crippen LogP contribution is -2.22. The van der Waals surface area contributed by atoms with Gasteiger partial charge in [-0.3, -0.25) is 0 Å². The molecule has 0 amide bonds. The highest BCUT2D eigenvalue weighted by atomic mass is 35.5. The van der Waals surface area contributed by atoms with Crippen LogP contribution in [0.2, 0.25) is 5.02 Å². The molecule has 17 heavy (non-hydrogen) atoms. The van der Waals surface area contributed by atoms with E-state index in [0.29, 0.717) is 0 Å². The average molecular weight is 256 g/mol. The van der Waals surface area contributed by atoms with Gasteiger partial charge in [0, 0.05) is 6.07 Å². The van der Waals surface area contributed by atoms with Gasteiger partial charge in [0.05, 0.1) is 23.8 Å². The molecule has 0 aliphatic rings. The van der Waals surface area contributed by atoms with Crippen molar-refractivity contribution in [2.75, 3.05) is 7.11 Å². The van der Waals surface area contributed by atoms with E-state index >= 15 is 0 Å². The van der Waals surface area contributed by atoms with Gasteiger partial charge in [0.1, 0.15) is 6.10 Å². The molecule has 0 radical (unpaired) electrons. The van der Waals surface area contributed by atoms with E-state index < -0.39 is 12.1 Å². The third-order valence-corrected chi connectivity index (χ3v) is 2.18. The van der Waals surface area contributed by atoms with E-state index in [-0.39, 0.29) is 22.1 Å². The second kappa shape index (κ2) is 5.53. The lowest BCUT2D eigenvalue weighted by molar-refractivity contribution is -0.142. The number of nitrogens with zero attached hydrogens (tertiary/aromatic N) is 1. The minimum Gasteiger partial charge on any atom is -0.493 e. The zero-order chi connectivity index (χ0) is 13.0. The first-order chi connectivity index (χ1) is 7.99. The molecule has 1 rings (SSSR count). The summed E-state index contributed by atoms with van der Waals surface area (Å²) in [6.07, 6.45) is -1.27. The van der Waals surface area contributed by atoms with Crippen molar-refractivity contribution < 1.29 is 19.4 Å². The number of carbonyl (C=O) groups is 1. The molecule has 1 aromatic rings. The Morgan fingerprint density at radius 3 is 2.71 bits per heavy atom. The third-order valence-electron chi connectivity index (χ3n) is 1.90. The maximum Gasteiger partial charge on any atom is 0.340 e. The van der Waals surface area contributed by atoms with Crippen molar-refractivity contribution in [1.29, 1.82) is 5.26 Å². The molecule has 1 N–H and O–H groups in total. The van der Waals surface area contributed by atoms with Crippen LogP contribution in [0.3, 0.4) is 0 Å². The summed E-state index contributed by atoms with van der Waals surface area (Å²) in [7, 11) is 1.35. The zero-order valence-electron chi connectivity index (χ0n) is 9.23. The van der Waals surface area contributed by atoms with E-state index in [4.69, 9.17) is 31.4 Å². The number of esters is 1. The molecule has 0 spiro atoms. The number of carbonyl (C=O) groups excluding carboxylic acids is 1. The summed E-state index contributed by atoms with van der Waals surface area (Å²) in [4.78, 5) is 11.2. The van der Waals surface area contributed by atoms with Gasteiger partial charge >= 0.3 is 5.97 Å². The van der Waals surface area contributed by atoms with Gasteiger partial charge in [0.25, 0.3) is 0 Å². The van der Waals surface area contributed by atoms with Crippen LogP contribution < -0.4 is 9.47 Å². The van der Waals surface area contributed by atoms with Crippen LogP contribution in [0.5, 0.6) is 11.5 Å². The van der Waals surface area contributed by atoms with Crippen LogP contribution in [0.4, 0.5) is 0 Å². The maximum absolute atomic E-state index is 11.2. The van der Waals surface area contributed by atoms with Crippen LogP contribution in [-0.4, -0.2) is 24.3 Å². The Kier molecular flexibility index (Phi) is 4.32. The van der Waals surface area contributed by atoms with Crippen LogP contribution in [-0.2, 0) is 4.79 Å². The van der Waals surface area contributed by atoms with Crippen molar-refractivity contribution in [3.8, 4) is 17.6 Å². The molecule has 0 heterocycles. The number of aliphatic hydroxyl groups is 1. The van der Waals surface area contributed by atoms with Gasteiger partial charge in [-0.1, -0.05) is 11.6 Å². The predicted molar refractivity (Wildman–Crippen MR) is 60.0 cm³/mol. The van der Waals surface area contributed by atoms with Crippen LogP contribution in [0.25, 0.3) is 0 Å². The zero-order valence-corrected chi connectivity index (χ0v) is 9.99. The predicted octanol–water partition coefficient (Wildman–Crippen LogP) is 1.51. The second-order valence-electron chi connectivity index (χ2n) is 3.20. The molecular formula is C11H10ClNO4. The van der Waals surface area contributed by atoms with E-state index in [1.165, 1.54) is 26.2 Å². The SMILES string of the molecule is COc1cc(C#N)cc(Cl)c1OC(=O)C(C)O. The van der Waals surface area contributed by atoms with Crippen LogP contribution in [0.15, 0.2) is 12.1 Å². The number of nitriles is 1. The number of aliphatic hydroxyl groups excluding tert-OH is 1. The molecule has 5 nitrogen and oxygen atoms in total.